The van der Waals surface area contributed by atoms with E-state index in [9.17, 15) is 4.79 Å². The Morgan fingerprint density at radius 1 is 1.14 bits per heavy atom. The number of amides is 1. The van der Waals surface area contributed by atoms with Crippen molar-refractivity contribution >= 4 is 11.6 Å². The van der Waals surface area contributed by atoms with Gasteiger partial charge in [0.1, 0.15) is 6.61 Å². The van der Waals surface area contributed by atoms with Crippen molar-refractivity contribution in [2.24, 2.45) is 0 Å². The number of nitrogens with one attached hydrogen (secondary N) is 1. The monoisotopic (exact) mass is 279 g/mol. The molecule has 2 N–H and O–H groups in total. The summed E-state index contributed by atoms with van der Waals surface area (Å²) in [6.07, 6.45) is 0. The molecule has 2 rings (SSSR count). The Bertz CT molecular complexity index is 723. The van der Waals surface area contributed by atoms with Crippen LogP contribution in [-0.2, 0) is 0 Å². The van der Waals surface area contributed by atoms with E-state index in [-0.39, 0.29) is 12.5 Å². The SMILES string of the molecule is Cc1cccc(C(=O)Nc2ccc(C)cc2C#CCO)c1. The number of aliphatic hydroxyl groups is 1. The highest BCUT2D eigenvalue weighted by atomic mass is 16.2. The maximum atomic E-state index is 12.3. The normalized spacial score (nSPS) is 9.67. The molecule has 0 radical (unpaired) electrons. The maximum absolute atomic E-state index is 12.3. The van der Waals surface area contributed by atoms with Gasteiger partial charge in [0.25, 0.3) is 5.91 Å². The molecule has 0 aromatic heterocycles. The Morgan fingerprint density at radius 3 is 2.62 bits per heavy atom. The highest BCUT2D eigenvalue weighted by Gasteiger charge is 2.08. The zero-order chi connectivity index (χ0) is 15.2. The molecule has 0 aliphatic carbocycles. The van der Waals surface area contributed by atoms with E-state index in [1.807, 2.05) is 50.2 Å². The van der Waals surface area contributed by atoms with E-state index in [2.05, 4.69) is 17.2 Å². The molecule has 0 fully saturated rings. The van der Waals surface area contributed by atoms with E-state index in [1.54, 1.807) is 6.07 Å². The smallest absolute Gasteiger partial charge is 0.255 e. The standard InChI is InChI=1S/C18H17NO2/c1-13-5-3-6-16(12-13)18(21)19-17-9-8-14(2)11-15(17)7-4-10-20/h3,5-6,8-9,11-12,20H,10H2,1-2H3,(H,19,21). The van der Waals surface area contributed by atoms with Gasteiger partial charge in [0, 0.05) is 11.1 Å². The molecule has 3 heteroatoms. The molecule has 0 bridgehead atoms. The summed E-state index contributed by atoms with van der Waals surface area (Å²) in [6.45, 7) is 3.69. The topological polar surface area (TPSA) is 49.3 Å². The summed E-state index contributed by atoms with van der Waals surface area (Å²) < 4.78 is 0. The molecule has 0 aliphatic rings. The van der Waals surface area contributed by atoms with Gasteiger partial charge in [-0.3, -0.25) is 4.79 Å². The van der Waals surface area contributed by atoms with Crippen LogP contribution in [0.5, 0.6) is 0 Å². The molecule has 0 saturated carbocycles. The third kappa shape index (κ3) is 3.95. The molecule has 0 atom stereocenters. The Kier molecular flexibility index (Phi) is 4.76. The van der Waals surface area contributed by atoms with Crippen molar-refractivity contribution in [1.82, 2.24) is 0 Å². The highest BCUT2D eigenvalue weighted by Crippen LogP contribution is 2.17. The van der Waals surface area contributed by atoms with Gasteiger partial charge in [-0.15, -0.1) is 0 Å². The first-order chi connectivity index (χ1) is 10.1. The molecule has 2 aromatic carbocycles. The van der Waals surface area contributed by atoms with Gasteiger partial charge < -0.3 is 10.4 Å². The lowest BCUT2D eigenvalue weighted by Crippen LogP contribution is -2.13. The maximum Gasteiger partial charge on any atom is 0.255 e. The summed E-state index contributed by atoms with van der Waals surface area (Å²) in [5.41, 5.74) is 4.03. The zero-order valence-corrected chi connectivity index (χ0v) is 12.1. The van der Waals surface area contributed by atoms with Gasteiger partial charge in [-0.05, 0) is 43.7 Å². The second kappa shape index (κ2) is 6.74. The molecule has 0 spiro atoms. The van der Waals surface area contributed by atoms with Crippen molar-refractivity contribution in [3.63, 3.8) is 0 Å². The van der Waals surface area contributed by atoms with Gasteiger partial charge in [0.2, 0.25) is 0 Å². The van der Waals surface area contributed by atoms with E-state index < -0.39 is 0 Å². The molecule has 0 unspecified atom stereocenters. The van der Waals surface area contributed by atoms with Crippen molar-refractivity contribution in [3.05, 3.63) is 64.7 Å². The molecule has 1 amide bonds. The molecule has 0 aliphatic heterocycles. The van der Waals surface area contributed by atoms with Crippen LogP contribution in [0.2, 0.25) is 0 Å². The van der Waals surface area contributed by atoms with Gasteiger partial charge >= 0.3 is 0 Å². The van der Waals surface area contributed by atoms with Crippen LogP contribution in [0.4, 0.5) is 5.69 Å². The minimum atomic E-state index is -0.209. The Morgan fingerprint density at radius 2 is 1.90 bits per heavy atom. The molecule has 0 saturated heterocycles. The Labute approximate surface area is 124 Å². The molecule has 0 heterocycles. The first-order valence-corrected chi connectivity index (χ1v) is 6.68. The molecule has 106 valence electrons. The third-order valence-electron chi connectivity index (χ3n) is 3.01. The van der Waals surface area contributed by atoms with Crippen molar-refractivity contribution < 1.29 is 9.90 Å². The fraction of sp³-hybridized carbons (Fsp3) is 0.167. The summed E-state index contributed by atoms with van der Waals surface area (Å²) in [5.74, 6) is 5.29. The quantitative estimate of drug-likeness (QED) is 0.830. The number of benzene rings is 2. The van der Waals surface area contributed by atoms with Crippen molar-refractivity contribution in [3.8, 4) is 11.8 Å². The number of rotatable bonds is 2. The largest absolute Gasteiger partial charge is 0.384 e. The van der Waals surface area contributed by atoms with E-state index in [4.69, 9.17) is 5.11 Å². The summed E-state index contributed by atoms with van der Waals surface area (Å²) in [4.78, 5) is 12.3. The van der Waals surface area contributed by atoms with Crippen LogP contribution in [0.15, 0.2) is 42.5 Å². The van der Waals surface area contributed by atoms with Crippen LogP contribution in [-0.4, -0.2) is 17.6 Å². The van der Waals surface area contributed by atoms with Crippen LogP contribution in [0.25, 0.3) is 0 Å². The Hall–Kier alpha value is -2.57. The van der Waals surface area contributed by atoms with E-state index in [1.165, 1.54) is 0 Å². The molecular formula is C18H17NO2. The van der Waals surface area contributed by atoms with Crippen molar-refractivity contribution in [2.75, 3.05) is 11.9 Å². The first-order valence-electron chi connectivity index (χ1n) is 6.68. The number of aryl methyl sites for hydroxylation is 2. The number of carbonyl (C=O) groups excluding carboxylic acids is 1. The van der Waals surface area contributed by atoms with E-state index >= 15 is 0 Å². The average molecular weight is 279 g/mol. The number of hydrogen-bond acceptors (Lipinski definition) is 2. The van der Waals surface area contributed by atoms with Gasteiger partial charge in [-0.25, -0.2) is 0 Å². The predicted molar refractivity (Wildman–Crippen MR) is 84.3 cm³/mol. The summed E-state index contributed by atoms with van der Waals surface area (Å²) in [6, 6.07) is 13.0. The number of carbonyl (C=O) groups is 1. The van der Waals surface area contributed by atoms with Crippen LogP contribution >= 0.6 is 0 Å². The Balaban J connectivity index is 2.29. The number of aliphatic hydroxyl groups excluding tert-OH is 1. The van der Waals surface area contributed by atoms with Gasteiger partial charge in [0.05, 0.1) is 5.69 Å². The van der Waals surface area contributed by atoms with Gasteiger partial charge in [0.15, 0.2) is 0 Å². The summed E-state index contributed by atoms with van der Waals surface area (Å²) in [7, 11) is 0. The lowest BCUT2D eigenvalue weighted by atomic mass is 10.1. The molecular weight excluding hydrogens is 262 g/mol. The number of hydrogen-bond donors (Lipinski definition) is 2. The van der Waals surface area contributed by atoms with Gasteiger partial charge in [-0.1, -0.05) is 35.6 Å². The van der Waals surface area contributed by atoms with Crippen LogP contribution in [0.1, 0.15) is 27.0 Å². The minimum Gasteiger partial charge on any atom is -0.384 e. The molecule has 2 aromatic rings. The fourth-order valence-corrected chi connectivity index (χ4v) is 1.99. The van der Waals surface area contributed by atoms with Gasteiger partial charge in [-0.2, -0.15) is 0 Å². The van der Waals surface area contributed by atoms with E-state index in [0.717, 1.165) is 11.1 Å². The lowest BCUT2D eigenvalue weighted by Gasteiger charge is -2.09. The third-order valence-corrected chi connectivity index (χ3v) is 3.01. The summed E-state index contributed by atoms with van der Waals surface area (Å²) >= 11 is 0. The fourth-order valence-electron chi connectivity index (χ4n) is 1.99. The second-order valence-corrected chi connectivity index (χ2v) is 4.83. The van der Waals surface area contributed by atoms with Crippen LogP contribution in [0, 0.1) is 25.7 Å². The molecule has 3 nitrogen and oxygen atoms in total. The van der Waals surface area contributed by atoms with Crippen molar-refractivity contribution in [1.29, 1.82) is 0 Å². The van der Waals surface area contributed by atoms with Crippen molar-refractivity contribution in [2.45, 2.75) is 13.8 Å². The number of anilines is 1. The lowest BCUT2D eigenvalue weighted by molar-refractivity contribution is 0.102. The summed E-state index contributed by atoms with van der Waals surface area (Å²) in [5, 5.41) is 11.7. The van der Waals surface area contributed by atoms with Crippen LogP contribution < -0.4 is 5.32 Å². The predicted octanol–water partition coefficient (Wildman–Crippen LogP) is 2.90. The highest BCUT2D eigenvalue weighted by molar-refractivity contribution is 6.05. The second-order valence-electron chi connectivity index (χ2n) is 4.83. The minimum absolute atomic E-state index is 0.172. The first kappa shape index (κ1) is 14.8. The van der Waals surface area contributed by atoms with Crippen LogP contribution in [0.3, 0.4) is 0 Å². The van der Waals surface area contributed by atoms with E-state index in [0.29, 0.717) is 16.8 Å². The molecule has 21 heavy (non-hydrogen) atoms. The average Bonchev–Trinajstić information content (AvgIpc) is 2.47. The zero-order valence-electron chi connectivity index (χ0n) is 12.1.